The van der Waals surface area contributed by atoms with E-state index in [4.69, 9.17) is 21.4 Å². The zero-order valence-corrected chi connectivity index (χ0v) is 26.5. The van der Waals surface area contributed by atoms with E-state index in [1.54, 1.807) is 0 Å². The zero-order chi connectivity index (χ0) is 31.6. The van der Waals surface area contributed by atoms with Crippen molar-refractivity contribution in [1.82, 2.24) is 0 Å². The van der Waals surface area contributed by atoms with Crippen LogP contribution in [0.5, 0.6) is 5.75 Å². The molecular formula is C33H35ClNO7PS. The highest BCUT2D eigenvalue weighted by molar-refractivity contribution is 7.92. The van der Waals surface area contributed by atoms with Crippen LogP contribution in [-0.2, 0) is 27.2 Å². The van der Waals surface area contributed by atoms with Gasteiger partial charge in [0, 0.05) is 10.6 Å². The first-order valence-corrected chi connectivity index (χ1v) is 17.7. The van der Waals surface area contributed by atoms with Gasteiger partial charge in [0.05, 0.1) is 15.8 Å². The molecule has 4 aromatic rings. The number of carbonyl (C=O) groups is 1. The van der Waals surface area contributed by atoms with Gasteiger partial charge in [-0.3, -0.25) is 14.6 Å². The molecule has 0 heterocycles. The van der Waals surface area contributed by atoms with Crippen molar-refractivity contribution in [2.45, 2.75) is 55.1 Å². The molecule has 1 aliphatic rings. The lowest BCUT2D eigenvalue weighted by Crippen LogP contribution is -2.24. The topological polar surface area (TPSA) is 130 Å². The Bertz CT molecular complexity index is 1650. The minimum atomic E-state index is -4.86. The molecule has 0 aromatic heterocycles. The van der Waals surface area contributed by atoms with E-state index in [9.17, 15) is 17.8 Å². The van der Waals surface area contributed by atoms with Gasteiger partial charge in [0.15, 0.2) is 15.6 Å². The van der Waals surface area contributed by atoms with E-state index in [1.165, 1.54) is 53.6 Å². The summed E-state index contributed by atoms with van der Waals surface area (Å²) in [4.78, 5) is 30.9. The molecule has 1 saturated carbocycles. The first-order valence-electron chi connectivity index (χ1n) is 14.3. The summed E-state index contributed by atoms with van der Waals surface area (Å²) in [7, 11) is -8.42. The molecule has 0 aliphatic heterocycles. The fourth-order valence-electron chi connectivity index (χ4n) is 4.96. The summed E-state index contributed by atoms with van der Waals surface area (Å²) >= 11 is 5.91. The molecular weight excluding hydrogens is 621 g/mol. The van der Waals surface area contributed by atoms with E-state index in [0.717, 1.165) is 32.1 Å². The minimum Gasteiger partial charge on any atom is -0.402 e. The van der Waals surface area contributed by atoms with Gasteiger partial charge in [-0.2, -0.15) is 0 Å². The molecule has 5 rings (SSSR count). The first kappa shape index (κ1) is 33.4. The molecule has 0 bridgehead atoms. The van der Waals surface area contributed by atoms with Crippen molar-refractivity contribution in [3.63, 3.8) is 0 Å². The second kappa shape index (κ2) is 15.5. The molecule has 0 spiro atoms. The van der Waals surface area contributed by atoms with Gasteiger partial charge in [-0.25, -0.2) is 13.0 Å². The lowest BCUT2D eigenvalue weighted by molar-refractivity contribution is 0.102. The molecule has 1 fully saturated rings. The summed E-state index contributed by atoms with van der Waals surface area (Å²) < 4.78 is 41.6. The summed E-state index contributed by atoms with van der Waals surface area (Å²) in [5.74, 6) is -0.944. The van der Waals surface area contributed by atoms with Crippen molar-refractivity contribution < 1.29 is 32.1 Å². The van der Waals surface area contributed by atoms with E-state index in [1.807, 2.05) is 0 Å². The summed E-state index contributed by atoms with van der Waals surface area (Å²) in [6.07, 6.45) is 6.21. The fourth-order valence-corrected chi connectivity index (χ4v) is 7.45. The Hall–Kier alpha value is -3.46. The largest absolute Gasteiger partial charge is 0.524 e. The molecule has 44 heavy (non-hydrogen) atoms. The standard InChI is InChI=1S/C19H21ClNO7PS.C14H14/c20-14-9-10-18(28-29(23,24)25)17(12-14)21-19(22)13-5-4-8-16(11-13)30(26,27)15-6-2-1-3-7-15;1-3-7-13(8-4-1)11-12-14-9-5-2-6-10-14/h4-5,8-12,15H,1-3,6-7H2,(H,21,22)(H2,23,24,25);1-10H,11-12H2. The van der Waals surface area contributed by atoms with E-state index >= 15 is 0 Å². The number of anilines is 1. The van der Waals surface area contributed by atoms with Gasteiger partial charge in [-0.15, -0.1) is 0 Å². The highest BCUT2D eigenvalue weighted by Gasteiger charge is 2.29. The Morgan fingerprint density at radius 1 is 0.818 bits per heavy atom. The average Bonchev–Trinajstić information content (AvgIpc) is 3.02. The van der Waals surface area contributed by atoms with Crippen molar-refractivity contribution in [3.05, 3.63) is 125 Å². The lowest BCUT2D eigenvalue weighted by atomic mass is 10.0. The maximum absolute atomic E-state index is 12.9. The Labute approximate surface area is 263 Å². The third-order valence-corrected chi connectivity index (χ3v) is 10.1. The number of hydrogen-bond acceptors (Lipinski definition) is 5. The number of halogens is 1. The van der Waals surface area contributed by atoms with Crippen LogP contribution in [0.3, 0.4) is 0 Å². The number of nitrogens with one attached hydrogen (secondary N) is 1. The van der Waals surface area contributed by atoms with Crippen LogP contribution in [0, 0.1) is 0 Å². The fraction of sp³-hybridized carbons (Fsp3) is 0.242. The molecule has 1 amide bonds. The highest BCUT2D eigenvalue weighted by Crippen LogP contribution is 2.42. The highest BCUT2D eigenvalue weighted by atomic mass is 35.5. The number of aryl methyl sites for hydroxylation is 2. The third kappa shape index (κ3) is 10.0. The van der Waals surface area contributed by atoms with Gasteiger partial charge in [0.25, 0.3) is 5.91 Å². The Balaban J connectivity index is 0.000000262. The molecule has 11 heteroatoms. The molecule has 3 N–H and O–H groups in total. The average molecular weight is 656 g/mol. The third-order valence-electron chi connectivity index (χ3n) is 7.21. The normalized spacial score (nSPS) is 13.8. The van der Waals surface area contributed by atoms with Gasteiger partial charge in [0.2, 0.25) is 0 Å². The van der Waals surface area contributed by atoms with Crippen LogP contribution in [0.15, 0.2) is 108 Å². The molecule has 4 aromatic carbocycles. The molecule has 0 atom stereocenters. The maximum atomic E-state index is 12.9. The van der Waals surface area contributed by atoms with Crippen LogP contribution in [0.2, 0.25) is 5.02 Å². The summed E-state index contributed by atoms with van der Waals surface area (Å²) in [5.41, 5.74) is 2.85. The van der Waals surface area contributed by atoms with E-state index in [-0.39, 0.29) is 26.9 Å². The smallest absolute Gasteiger partial charge is 0.402 e. The molecule has 1 aliphatic carbocycles. The summed E-state index contributed by atoms with van der Waals surface area (Å²) in [5, 5.41) is 2.21. The summed E-state index contributed by atoms with van der Waals surface area (Å²) in [6, 6.07) is 30.8. The number of sulfone groups is 1. The van der Waals surface area contributed by atoms with Gasteiger partial charge in [0.1, 0.15) is 0 Å². The van der Waals surface area contributed by atoms with Crippen LogP contribution in [-0.4, -0.2) is 29.4 Å². The van der Waals surface area contributed by atoms with Crippen LogP contribution in [0.4, 0.5) is 5.69 Å². The van der Waals surface area contributed by atoms with Crippen molar-refractivity contribution in [2.24, 2.45) is 0 Å². The molecule has 0 radical (unpaired) electrons. The Morgan fingerprint density at radius 2 is 1.41 bits per heavy atom. The van der Waals surface area contributed by atoms with Gasteiger partial charge in [-0.1, -0.05) is 97.6 Å². The maximum Gasteiger partial charge on any atom is 0.524 e. The Morgan fingerprint density at radius 3 is 1.98 bits per heavy atom. The number of rotatable bonds is 9. The number of phosphoric acid groups is 1. The van der Waals surface area contributed by atoms with Crippen molar-refractivity contribution in [2.75, 3.05) is 5.32 Å². The Kier molecular flexibility index (Phi) is 11.8. The number of carbonyl (C=O) groups excluding carboxylic acids is 1. The monoisotopic (exact) mass is 655 g/mol. The van der Waals surface area contributed by atoms with E-state index in [0.29, 0.717) is 12.8 Å². The predicted molar refractivity (Wildman–Crippen MR) is 173 cm³/mol. The second-order valence-electron chi connectivity index (χ2n) is 10.5. The van der Waals surface area contributed by atoms with Crippen molar-refractivity contribution >= 4 is 40.9 Å². The van der Waals surface area contributed by atoms with Crippen molar-refractivity contribution in [1.29, 1.82) is 0 Å². The SMILES string of the molecule is O=C(Nc1cc(Cl)ccc1OP(=O)(O)O)c1cccc(S(=O)(=O)C2CCCCC2)c1.c1ccc(CCc2ccccc2)cc1. The minimum absolute atomic E-state index is 0.0589. The molecule has 0 saturated heterocycles. The number of hydrogen-bond donors (Lipinski definition) is 3. The number of phosphoric ester groups is 1. The summed E-state index contributed by atoms with van der Waals surface area (Å²) in [6.45, 7) is 0. The number of amides is 1. The molecule has 232 valence electrons. The van der Waals surface area contributed by atoms with E-state index in [2.05, 4.69) is 70.5 Å². The van der Waals surface area contributed by atoms with Crippen LogP contribution >= 0.6 is 19.4 Å². The van der Waals surface area contributed by atoms with Gasteiger partial charge < -0.3 is 9.84 Å². The number of benzene rings is 4. The first-order chi connectivity index (χ1) is 21.0. The van der Waals surface area contributed by atoms with Crippen LogP contribution in [0.25, 0.3) is 0 Å². The van der Waals surface area contributed by atoms with Gasteiger partial charge >= 0.3 is 7.82 Å². The van der Waals surface area contributed by atoms with Crippen LogP contribution < -0.4 is 9.84 Å². The van der Waals surface area contributed by atoms with Crippen molar-refractivity contribution in [3.8, 4) is 5.75 Å². The molecule has 8 nitrogen and oxygen atoms in total. The predicted octanol–water partition coefficient (Wildman–Crippen LogP) is 7.64. The molecule has 0 unspecified atom stereocenters. The second-order valence-corrected chi connectivity index (χ2v) is 14.3. The lowest BCUT2D eigenvalue weighted by Gasteiger charge is -2.22. The quantitative estimate of drug-likeness (QED) is 0.158. The van der Waals surface area contributed by atoms with Gasteiger partial charge in [-0.05, 0) is 73.2 Å². The zero-order valence-electron chi connectivity index (χ0n) is 24.0. The van der Waals surface area contributed by atoms with E-state index < -0.39 is 28.8 Å². The van der Waals surface area contributed by atoms with Crippen LogP contribution in [0.1, 0.15) is 53.6 Å².